The number of hydrogen-bond acceptors (Lipinski definition) is 7. The Balaban J connectivity index is 2.05. The molecule has 2 unspecified atom stereocenters. The molecule has 1 saturated heterocycles. The first-order valence-corrected chi connectivity index (χ1v) is 12.8. The molecule has 0 aromatic heterocycles. The Morgan fingerprint density at radius 2 is 1.89 bits per heavy atom. The van der Waals surface area contributed by atoms with Gasteiger partial charge in [0.1, 0.15) is 0 Å². The lowest BCUT2D eigenvalue weighted by Crippen LogP contribution is -2.58. The van der Waals surface area contributed by atoms with E-state index in [0.29, 0.717) is 67.6 Å². The summed E-state index contributed by atoms with van der Waals surface area (Å²) in [5, 5.41) is 5.83. The fourth-order valence-electron chi connectivity index (χ4n) is 4.97. The van der Waals surface area contributed by atoms with Crippen LogP contribution in [0.5, 0.6) is 11.5 Å². The van der Waals surface area contributed by atoms with E-state index in [9.17, 15) is 14.4 Å². The van der Waals surface area contributed by atoms with E-state index in [1.165, 1.54) is 14.2 Å². The van der Waals surface area contributed by atoms with Crippen molar-refractivity contribution >= 4 is 18.0 Å². The molecule has 204 valence electrons. The first-order valence-electron chi connectivity index (χ1n) is 12.8. The maximum absolute atomic E-state index is 13.4. The van der Waals surface area contributed by atoms with Crippen LogP contribution in [0.1, 0.15) is 39.3 Å². The monoisotopic (exact) mass is 517 g/mol. The number of carbonyl (C=O) groups excluding carboxylic acids is 3. The largest absolute Gasteiger partial charge is 0.493 e. The highest BCUT2D eigenvalue weighted by molar-refractivity contribution is 5.95. The summed E-state index contributed by atoms with van der Waals surface area (Å²) in [5.41, 5.74) is 1.54. The van der Waals surface area contributed by atoms with Crippen LogP contribution in [-0.2, 0) is 9.53 Å². The zero-order valence-electron chi connectivity index (χ0n) is 22.6. The van der Waals surface area contributed by atoms with E-state index in [1.807, 2.05) is 25.7 Å². The molecule has 0 aliphatic carbocycles. The highest BCUT2D eigenvalue weighted by Crippen LogP contribution is 2.40. The molecule has 2 atom stereocenters. The Hall–Kier alpha value is -3.47. The molecule has 0 radical (unpaired) electrons. The molecule has 1 aromatic rings. The predicted molar refractivity (Wildman–Crippen MR) is 139 cm³/mol. The fourth-order valence-corrected chi connectivity index (χ4v) is 4.97. The lowest BCUT2D eigenvalue weighted by Gasteiger charge is -2.42. The van der Waals surface area contributed by atoms with Crippen molar-refractivity contribution in [1.29, 1.82) is 0 Å². The highest BCUT2D eigenvalue weighted by Gasteiger charge is 2.40. The van der Waals surface area contributed by atoms with Crippen molar-refractivity contribution in [3.8, 4) is 11.5 Å². The van der Waals surface area contributed by atoms with Gasteiger partial charge in [0.05, 0.1) is 32.4 Å². The Labute approximate surface area is 218 Å². The molecule has 11 nitrogen and oxygen atoms in total. The number of ether oxygens (including phenoxy) is 3. The van der Waals surface area contributed by atoms with Gasteiger partial charge < -0.3 is 29.7 Å². The molecule has 3 rings (SSSR count). The fraction of sp³-hybridized carbons (Fsp3) is 0.577. The third-order valence-corrected chi connectivity index (χ3v) is 6.67. The highest BCUT2D eigenvalue weighted by atomic mass is 16.5. The van der Waals surface area contributed by atoms with E-state index in [0.717, 1.165) is 0 Å². The van der Waals surface area contributed by atoms with Gasteiger partial charge in [-0.1, -0.05) is 12.1 Å². The van der Waals surface area contributed by atoms with Crippen molar-refractivity contribution < 1.29 is 28.6 Å². The van der Waals surface area contributed by atoms with E-state index < -0.39 is 12.0 Å². The zero-order valence-corrected chi connectivity index (χ0v) is 22.6. The van der Waals surface area contributed by atoms with Crippen LogP contribution in [0.3, 0.4) is 0 Å². The van der Waals surface area contributed by atoms with Gasteiger partial charge in [0.25, 0.3) is 0 Å². The number of amides is 4. The number of para-hydroxylation sites is 1. The lowest BCUT2D eigenvalue weighted by molar-refractivity contribution is -0.139. The summed E-state index contributed by atoms with van der Waals surface area (Å²) >= 11 is 0. The summed E-state index contributed by atoms with van der Waals surface area (Å²) in [6.45, 7) is 10.7. The van der Waals surface area contributed by atoms with Crippen LogP contribution >= 0.6 is 0 Å². The molecule has 1 fully saturated rings. The molecule has 0 bridgehead atoms. The number of hydrogen-bond donors (Lipinski definition) is 2. The normalized spacial score (nSPS) is 20.4. The van der Waals surface area contributed by atoms with E-state index >= 15 is 0 Å². The number of methoxy groups -OCH3 is 2. The van der Waals surface area contributed by atoms with Gasteiger partial charge in [0, 0.05) is 56.6 Å². The van der Waals surface area contributed by atoms with Crippen LogP contribution in [0.25, 0.3) is 0 Å². The summed E-state index contributed by atoms with van der Waals surface area (Å²) < 4.78 is 16.6. The third-order valence-electron chi connectivity index (χ3n) is 6.67. The van der Waals surface area contributed by atoms with Gasteiger partial charge in [-0.25, -0.2) is 14.4 Å². The second-order valence-corrected chi connectivity index (χ2v) is 8.90. The van der Waals surface area contributed by atoms with Crippen molar-refractivity contribution in [2.24, 2.45) is 0 Å². The minimum atomic E-state index is -0.788. The summed E-state index contributed by atoms with van der Waals surface area (Å²) in [6, 6.07) is 4.14. The van der Waals surface area contributed by atoms with Crippen molar-refractivity contribution in [2.45, 2.75) is 39.8 Å². The Morgan fingerprint density at radius 3 is 2.49 bits per heavy atom. The molecule has 2 aliphatic heterocycles. The van der Waals surface area contributed by atoms with Gasteiger partial charge >= 0.3 is 18.0 Å². The number of piperazine rings is 1. The molecular weight excluding hydrogens is 478 g/mol. The number of nitrogens with one attached hydrogen (secondary N) is 2. The average molecular weight is 518 g/mol. The number of carbonyl (C=O) groups is 3. The molecule has 1 aromatic carbocycles. The molecule has 11 heteroatoms. The lowest BCUT2D eigenvalue weighted by atomic mass is 9.93. The SMILES string of the molecule is CCNC(=O)N1CCN(CC2=C(C(=O)OCC)C(c3cccc(OC)c3OC)NC(=O)N2CC)CC1C. The minimum Gasteiger partial charge on any atom is -0.493 e. The number of urea groups is 2. The van der Waals surface area contributed by atoms with Gasteiger partial charge in [0.15, 0.2) is 11.5 Å². The van der Waals surface area contributed by atoms with Crippen LogP contribution in [0.4, 0.5) is 9.59 Å². The van der Waals surface area contributed by atoms with Crippen molar-refractivity contribution in [3.63, 3.8) is 0 Å². The van der Waals surface area contributed by atoms with Crippen LogP contribution in [0.2, 0.25) is 0 Å². The maximum Gasteiger partial charge on any atom is 0.338 e. The van der Waals surface area contributed by atoms with E-state index in [-0.39, 0.29) is 24.7 Å². The molecule has 2 aliphatic rings. The zero-order chi connectivity index (χ0) is 27.1. The number of esters is 1. The van der Waals surface area contributed by atoms with Crippen molar-refractivity contribution in [2.75, 3.05) is 60.1 Å². The second-order valence-electron chi connectivity index (χ2n) is 8.90. The van der Waals surface area contributed by atoms with E-state index in [4.69, 9.17) is 14.2 Å². The van der Waals surface area contributed by atoms with Crippen LogP contribution in [-0.4, -0.2) is 98.9 Å². The van der Waals surface area contributed by atoms with Gasteiger partial charge in [-0.2, -0.15) is 0 Å². The molecule has 0 spiro atoms. The van der Waals surface area contributed by atoms with Gasteiger partial charge in [0.2, 0.25) is 0 Å². The van der Waals surface area contributed by atoms with Crippen molar-refractivity contribution in [3.05, 3.63) is 35.0 Å². The first kappa shape index (κ1) is 28.1. The minimum absolute atomic E-state index is 0.0336. The molecule has 4 amide bonds. The van der Waals surface area contributed by atoms with Crippen LogP contribution in [0.15, 0.2) is 29.5 Å². The quantitative estimate of drug-likeness (QED) is 0.484. The summed E-state index contributed by atoms with van der Waals surface area (Å²) in [5.74, 6) is 0.428. The summed E-state index contributed by atoms with van der Waals surface area (Å²) in [4.78, 5) is 44.7. The Morgan fingerprint density at radius 1 is 1.14 bits per heavy atom. The number of benzene rings is 1. The number of likely N-dealkylation sites (N-methyl/N-ethyl adjacent to an activating group) is 1. The Bertz CT molecular complexity index is 1030. The molecular formula is C26H39N5O6. The summed E-state index contributed by atoms with van der Waals surface area (Å²) in [7, 11) is 3.06. The second kappa shape index (κ2) is 12.7. The van der Waals surface area contributed by atoms with Gasteiger partial charge in [-0.15, -0.1) is 0 Å². The topological polar surface area (TPSA) is 113 Å². The van der Waals surface area contributed by atoms with Gasteiger partial charge in [-0.05, 0) is 33.8 Å². The van der Waals surface area contributed by atoms with Crippen LogP contribution < -0.4 is 20.1 Å². The smallest absolute Gasteiger partial charge is 0.338 e. The maximum atomic E-state index is 13.4. The van der Waals surface area contributed by atoms with Crippen molar-refractivity contribution in [1.82, 2.24) is 25.3 Å². The standard InChI is InChI=1S/C26H39N5O6/c1-7-27-25(33)31-14-13-29(15-17(31)4)16-19-21(24(32)37-9-3)22(28-26(34)30(19)8-2)18-11-10-12-20(35-5)23(18)36-6/h10-12,17,22H,7-9,13-16H2,1-6H3,(H,27,33)(H,28,34). The molecule has 0 saturated carbocycles. The molecule has 37 heavy (non-hydrogen) atoms. The molecule has 2 heterocycles. The average Bonchev–Trinajstić information content (AvgIpc) is 2.88. The predicted octanol–water partition coefficient (Wildman–Crippen LogP) is 2.34. The first-order chi connectivity index (χ1) is 17.8. The Kier molecular flexibility index (Phi) is 9.62. The number of rotatable bonds is 9. The molecule has 2 N–H and O–H groups in total. The van der Waals surface area contributed by atoms with E-state index in [1.54, 1.807) is 30.0 Å². The number of nitrogens with zero attached hydrogens (tertiary/aromatic N) is 3. The summed E-state index contributed by atoms with van der Waals surface area (Å²) in [6.07, 6.45) is 0. The van der Waals surface area contributed by atoms with Crippen LogP contribution in [0, 0.1) is 0 Å². The third kappa shape index (κ3) is 5.93. The van der Waals surface area contributed by atoms with E-state index in [2.05, 4.69) is 15.5 Å². The van der Waals surface area contributed by atoms with Gasteiger partial charge in [-0.3, -0.25) is 9.80 Å².